The molecule has 1 aliphatic heterocycles. The summed E-state index contributed by atoms with van der Waals surface area (Å²) in [6.07, 6.45) is 2.86. The van der Waals surface area contributed by atoms with Crippen molar-refractivity contribution in [1.82, 2.24) is 4.90 Å². The maximum atomic E-state index is 12.8. The second kappa shape index (κ2) is 9.49. The van der Waals surface area contributed by atoms with E-state index in [0.29, 0.717) is 16.9 Å². The van der Waals surface area contributed by atoms with Crippen molar-refractivity contribution >= 4 is 36.1 Å². The Morgan fingerprint density at radius 3 is 2.55 bits per heavy atom. The van der Waals surface area contributed by atoms with Crippen LogP contribution in [0.3, 0.4) is 0 Å². The molecule has 164 valence electrons. The standard InChI is InChI=1S/C24H30N3O2PS/c1-2-30(29)13-11-27(12-14-30)17-18-5-7-19(8-6-18)24(28)26-22-16-20(9-10-21(22)25)23-4-3-15-31-23/h3-10,15-16,29-30H,2,11-14,17,25H2,1H3,(H,26,28). The summed E-state index contributed by atoms with van der Waals surface area (Å²) in [4.78, 5) is 26.8. The summed E-state index contributed by atoms with van der Waals surface area (Å²) >= 11 is 1.65. The van der Waals surface area contributed by atoms with E-state index in [1.807, 2.05) is 60.0 Å². The normalized spacial score (nSPS) is 17.2. The fourth-order valence-corrected chi connectivity index (χ4v) is 7.10. The van der Waals surface area contributed by atoms with E-state index >= 15 is 0 Å². The molecule has 3 aromatic rings. The zero-order valence-electron chi connectivity index (χ0n) is 17.8. The number of benzene rings is 2. The number of nitrogen functional groups attached to an aromatic ring is 1. The first-order chi connectivity index (χ1) is 15.0. The van der Waals surface area contributed by atoms with Crippen molar-refractivity contribution in [3.63, 3.8) is 0 Å². The van der Waals surface area contributed by atoms with Crippen molar-refractivity contribution in [2.45, 2.75) is 13.5 Å². The molecule has 0 atom stereocenters. The molecule has 4 N–H and O–H groups in total. The molecular weight excluding hydrogens is 425 g/mol. The van der Waals surface area contributed by atoms with Crippen LogP contribution in [0.5, 0.6) is 0 Å². The monoisotopic (exact) mass is 455 g/mol. The molecule has 0 unspecified atom stereocenters. The SMILES string of the molecule is CC[PH]1(O)CCN(Cc2ccc(C(=O)Nc3cc(-c4cccs4)ccc3N)cc2)CC1. The average Bonchev–Trinajstić information content (AvgIpc) is 3.32. The summed E-state index contributed by atoms with van der Waals surface area (Å²) in [6, 6.07) is 17.5. The number of anilines is 2. The van der Waals surface area contributed by atoms with Gasteiger partial charge in [0.05, 0.1) is 0 Å². The number of carbonyl (C=O) groups is 1. The van der Waals surface area contributed by atoms with Gasteiger partial charge < -0.3 is 5.73 Å². The van der Waals surface area contributed by atoms with E-state index in [-0.39, 0.29) is 5.91 Å². The molecule has 1 aliphatic rings. The molecule has 1 fully saturated rings. The Labute approximate surface area is 188 Å². The third-order valence-corrected chi connectivity index (χ3v) is 10.7. The summed E-state index contributed by atoms with van der Waals surface area (Å²) in [5.41, 5.74) is 10.1. The molecule has 1 aromatic heterocycles. The molecule has 2 aromatic carbocycles. The molecule has 4 rings (SSSR count). The quantitative estimate of drug-likeness (QED) is 0.371. The van der Waals surface area contributed by atoms with Crippen LogP contribution in [0.2, 0.25) is 0 Å². The van der Waals surface area contributed by atoms with Gasteiger partial charge in [-0.05, 0) is 23.1 Å². The number of hydrogen-bond donors (Lipinski definition) is 3. The molecule has 0 aliphatic carbocycles. The maximum absolute atomic E-state index is 12.8. The number of rotatable bonds is 6. The van der Waals surface area contributed by atoms with Crippen LogP contribution < -0.4 is 11.1 Å². The fourth-order valence-electron chi connectivity index (χ4n) is 3.96. The topological polar surface area (TPSA) is 78.6 Å². The summed E-state index contributed by atoms with van der Waals surface area (Å²) in [6.45, 7) is 4.88. The number of nitrogens with zero attached hydrogens (tertiary/aromatic N) is 1. The van der Waals surface area contributed by atoms with Crippen LogP contribution in [-0.2, 0) is 6.54 Å². The molecule has 2 heterocycles. The van der Waals surface area contributed by atoms with Gasteiger partial charge in [0.25, 0.3) is 0 Å². The van der Waals surface area contributed by atoms with E-state index in [1.54, 1.807) is 11.3 Å². The summed E-state index contributed by atoms with van der Waals surface area (Å²) in [7, 11) is -1.96. The first kappa shape index (κ1) is 22.0. The zero-order valence-corrected chi connectivity index (χ0v) is 19.6. The summed E-state index contributed by atoms with van der Waals surface area (Å²) in [5.74, 6) is -0.168. The van der Waals surface area contributed by atoms with Crippen LogP contribution in [0.1, 0.15) is 22.8 Å². The Morgan fingerprint density at radius 2 is 1.90 bits per heavy atom. The van der Waals surface area contributed by atoms with Gasteiger partial charge in [0.2, 0.25) is 0 Å². The van der Waals surface area contributed by atoms with Crippen molar-refractivity contribution in [3.8, 4) is 10.4 Å². The Morgan fingerprint density at radius 1 is 1.16 bits per heavy atom. The van der Waals surface area contributed by atoms with E-state index in [2.05, 4.69) is 17.1 Å². The first-order valence-electron chi connectivity index (χ1n) is 10.7. The van der Waals surface area contributed by atoms with Gasteiger partial charge >= 0.3 is 131 Å². The molecule has 0 saturated carbocycles. The molecule has 1 amide bonds. The number of hydrogen-bond acceptors (Lipinski definition) is 5. The molecule has 0 spiro atoms. The Balaban J connectivity index is 1.38. The summed E-state index contributed by atoms with van der Waals surface area (Å²) in [5, 5.41) is 4.98. The number of nitrogens with two attached hydrogens (primary N) is 1. The molecule has 0 bridgehead atoms. The Bertz CT molecular complexity index is 1030. The van der Waals surface area contributed by atoms with Crippen LogP contribution in [0.4, 0.5) is 11.4 Å². The fraction of sp³-hybridized carbons (Fsp3) is 0.292. The predicted octanol–water partition coefficient (Wildman–Crippen LogP) is 4.74. The number of nitrogens with one attached hydrogen (secondary N) is 1. The van der Waals surface area contributed by atoms with Crippen LogP contribution in [0.25, 0.3) is 10.4 Å². The van der Waals surface area contributed by atoms with Crippen molar-refractivity contribution in [1.29, 1.82) is 0 Å². The Kier molecular flexibility index (Phi) is 6.73. The first-order valence-corrected chi connectivity index (χ1v) is 14.2. The number of amides is 1. The van der Waals surface area contributed by atoms with E-state index < -0.39 is 7.49 Å². The van der Waals surface area contributed by atoms with Crippen LogP contribution in [0.15, 0.2) is 60.0 Å². The second-order valence-corrected chi connectivity index (χ2v) is 13.4. The van der Waals surface area contributed by atoms with Crippen LogP contribution in [-0.4, -0.2) is 47.3 Å². The van der Waals surface area contributed by atoms with Gasteiger partial charge in [-0.1, -0.05) is 12.1 Å². The van der Waals surface area contributed by atoms with E-state index in [1.165, 1.54) is 5.56 Å². The zero-order chi connectivity index (χ0) is 21.8. The van der Waals surface area contributed by atoms with Crippen LogP contribution >= 0.6 is 18.8 Å². The van der Waals surface area contributed by atoms with Gasteiger partial charge in [-0.3, -0.25) is 0 Å². The van der Waals surface area contributed by atoms with E-state index in [9.17, 15) is 9.69 Å². The van der Waals surface area contributed by atoms with Crippen molar-refractivity contribution in [2.75, 3.05) is 42.6 Å². The average molecular weight is 456 g/mol. The van der Waals surface area contributed by atoms with Crippen LogP contribution in [0, 0.1) is 0 Å². The predicted molar refractivity (Wildman–Crippen MR) is 135 cm³/mol. The molecular formula is C24H30N3O2PS. The minimum atomic E-state index is -1.96. The van der Waals surface area contributed by atoms with Gasteiger partial charge in [-0.2, -0.15) is 0 Å². The number of thiophene rings is 1. The molecule has 5 nitrogen and oxygen atoms in total. The van der Waals surface area contributed by atoms with Crippen molar-refractivity contribution < 1.29 is 9.69 Å². The van der Waals surface area contributed by atoms with Gasteiger partial charge in [0, 0.05) is 4.88 Å². The van der Waals surface area contributed by atoms with Gasteiger partial charge in [0.15, 0.2) is 0 Å². The van der Waals surface area contributed by atoms with Crippen molar-refractivity contribution in [3.05, 3.63) is 71.1 Å². The van der Waals surface area contributed by atoms with E-state index in [4.69, 9.17) is 5.73 Å². The van der Waals surface area contributed by atoms with E-state index in [0.717, 1.165) is 48.6 Å². The molecule has 7 heteroatoms. The van der Waals surface area contributed by atoms with Gasteiger partial charge in [0.1, 0.15) is 0 Å². The van der Waals surface area contributed by atoms with Gasteiger partial charge in [-0.15, -0.1) is 11.3 Å². The molecule has 31 heavy (non-hydrogen) atoms. The third-order valence-electron chi connectivity index (χ3n) is 6.17. The third kappa shape index (κ3) is 5.34. The minimum absolute atomic E-state index is 0.168. The summed E-state index contributed by atoms with van der Waals surface area (Å²) < 4.78 is 0. The molecule has 1 saturated heterocycles. The Hall–Kier alpha value is -2.24. The number of carbonyl (C=O) groups excluding carboxylic acids is 1. The van der Waals surface area contributed by atoms with Crippen molar-refractivity contribution in [2.24, 2.45) is 0 Å². The van der Waals surface area contributed by atoms with Gasteiger partial charge in [-0.25, -0.2) is 0 Å². The molecule has 0 radical (unpaired) electrons. The second-order valence-electron chi connectivity index (χ2n) is 8.28.